The van der Waals surface area contributed by atoms with Crippen LogP contribution in [0.1, 0.15) is 28.8 Å². The molecule has 0 aromatic heterocycles. The van der Waals surface area contributed by atoms with Crippen LogP contribution in [0.4, 0.5) is 0 Å². The number of ether oxygens (including phenoxy) is 2. The summed E-state index contributed by atoms with van der Waals surface area (Å²) in [6.45, 7) is 1.14. The largest absolute Gasteiger partial charge is 0.497 e. The molecule has 0 N–H and O–H groups in total. The zero-order valence-electron chi connectivity index (χ0n) is 16.7. The molecule has 0 spiro atoms. The number of carbonyl (C=O) groups excluding carboxylic acids is 1. The number of fused-ring (bicyclic) bond motifs is 1. The van der Waals surface area contributed by atoms with Crippen molar-refractivity contribution in [2.45, 2.75) is 24.3 Å². The summed E-state index contributed by atoms with van der Waals surface area (Å²) in [6, 6.07) is 17.6. The Kier molecular flexibility index (Phi) is 5.74. The molecule has 0 unspecified atom stereocenters. The van der Waals surface area contributed by atoms with E-state index >= 15 is 0 Å². The Morgan fingerprint density at radius 1 is 0.967 bits per heavy atom. The van der Waals surface area contributed by atoms with Gasteiger partial charge in [-0.1, -0.05) is 24.3 Å². The van der Waals surface area contributed by atoms with E-state index in [0.717, 1.165) is 34.9 Å². The summed E-state index contributed by atoms with van der Waals surface area (Å²) in [5.41, 5.74) is 1.07. The maximum Gasteiger partial charge on any atom is 0.338 e. The first-order valence-electron chi connectivity index (χ1n) is 9.81. The van der Waals surface area contributed by atoms with E-state index in [0.29, 0.717) is 13.1 Å². The summed E-state index contributed by atoms with van der Waals surface area (Å²) < 4.78 is 37.6. The van der Waals surface area contributed by atoms with Crippen molar-refractivity contribution in [2.24, 2.45) is 0 Å². The van der Waals surface area contributed by atoms with Crippen LogP contribution in [0.15, 0.2) is 65.6 Å². The molecule has 156 valence electrons. The Hall–Kier alpha value is -2.90. The Labute approximate surface area is 176 Å². The van der Waals surface area contributed by atoms with Crippen molar-refractivity contribution in [3.8, 4) is 5.75 Å². The van der Waals surface area contributed by atoms with Gasteiger partial charge in [-0.15, -0.1) is 0 Å². The fourth-order valence-corrected chi connectivity index (χ4v) is 5.15. The zero-order chi connectivity index (χ0) is 21.1. The first-order chi connectivity index (χ1) is 14.5. The highest BCUT2D eigenvalue weighted by molar-refractivity contribution is 7.89. The van der Waals surface area contributed by atoms with Gasteiger partial charge >= 0.3 is 5.97 Å². The molecule has 3 aromatic carbocycles. The van der Waals surface area contributed by atoms with E-state index in [2.05, 4.69) is 0 Å². The molecular weight excluding hydrogens is 402 g/mol. The Bertz CT molecular complexity index is 1180. The summed E-state index contributed by atoms with van der Waals surface area (Å²) in [5.74, 6) is 0.230. The number of benzene rings is 3. The first kappa shape index (κ1) is 20.4. The smallest absolute Gasteiger partial charge is 0.338 e. The molecule has 7 heteroatoms. The van der Waals surface area contributed by atoms with E-state index in [-0.39, 0.29) is 17.1 Å². The van der Waals surface area contributed by atoms with E-state index in [1.807, 2.05) is 36.4 Å². The molecule has 0 atom stereocenters. The maximum atomic E-state index is 12.7. The average Bonchev–Trinajstić information content (AvgIpc) is 3.33. The van der Waals surface area contributed by atoms with Gasteiger partial charge in [0.2, 0.25) is 10.0 Å². The number of hydrogen-bond acceptors (Lipinski definition) is 5. The van der Waals surface area contributed by atoms with Crippen LogP contribution >= 0.6 is 0 Å². The molecule has 0 radical (unpaired) electrons. The van der Waals surface area contributed by atoms with Gasteiger partial charge in [0.25, 0.3) is 0 Å². The molecule has 1 aliphatic heterocycles. The molecule has 6 nitrogen and oxygen atoms in total. The number of nitrogens with zero attached hydrogens (tertiary/aromatic N) is 1. The molecule has 1 saturated heterocycles. The number of rotatable bonds is 6. The highest BCUT2D eigenvalue weighted by atomic mass is 32.2. The lowest BCUT2D eigenvalue weighted by molar-refractivity contribution is 0.0472. The van der Waals surface area contributed by atoms with Crippen LogP contribution in [0, 0.1) is 0 Å². The molecular formula is C23H23NO5S. The van der Waals surface area contributed by atoms with Crippen LogP contribution in [0.25, 0.3) is 10.8 Å². The standard InChI is InChI=1S/C23H23NO5S/c1-28-21-10-9-18-13-17(7-8-19(18)14-21)16-29-23(25)20-5-4-6-22(15-20)30(26,27)24-11-2-3-12-24/h4-10,13-15H,2-3,11-12,16H2,1H3. The highest BCUT2D eigenvalue weighted by Crippen LogP contribution is 2.24. The summed E-state index contributed by atoms with van der Waals surface area (Å²) in [4.78, 5) is 12.6. The minimum Gasteiger partial charge on any atom is -0.497 e. The topological polar surface area (TPSA) is 72.9 Å². The lowest BCUT2D eigenvalue weighted by Crippen LogP contribution is -2.28. The lowest BCUT2D eigenvalue weighted by atomic mass is 10.1. The van der Waals surface area contributed by atoms with Crippen molar-refractivity contribution >= 4 is 26.8 Å². The van der Waals surface area contributed by atoms with Gasteiger partial charge in [-0.3, -0.25) is 0 Å². The number of methoxy groups -OCH3 is 1. The van der Waals surface area contributed by atoms with Gasteiger partial charge in [0.1, 0.15) is 12.4 Å². The Balaban J connectivity index is 1.47. The van der Waals surface area contributed by atoms with Crippen molar-refractivity contribution < 1.29 is 22.7 Å². The van der Waals surface area contributed by atoms with Crippen LogP contribution in [0.2, 0.25) is 0 Å². The van der Waals surface area contributed by atoms with E-state index < -0.39 is 16.0 Å². The second-order valence-electron chi connectivity index (χ2n) is 7.26. The number of carbonyl (C=O) groups is 1. The van der Waals surface area contributed by atoms with Gasteiger partial charge < -0.3 is 9.47 Å². The monoisotopic (exact) mass is 425 g/mol. The average molecular weight is 426 g/mol. The number of hydrogen-bond donors (Lipinski definition) is 0. The third kappa shape index (κ3) is 4.17. The fourth-order valence-electron chi connectivity index (χ4n) is 3.58. The van der Waals surface area contributed by atoms with Gasteiger partial charge in [0, 0.05) is 13.1 Å². The van der Waals surface area contributed by atoms with Crippen molar-refractivity contribution in [1.82, 2.24) is 4.31 Å². The van der Waals surface area contributed by atoms with Crippen LogP contribution in [0.5, 0.6) is 5.75 Å². The summed E-state index contributed by atoms with van der Waals surface area (Å²) in [6.07, 6.45) is 1.72. The van der Waals surface area contributed by atoms with Gasteiger partial charge in [0.15, 0.2) is 0 Å². The molecule has 3 aromatic rings. The van der Waals surface area contributed by atoms with Crippen LogP contribution in [-0.2, 0) is 21.4 Å². The molecule has 30 heavy (non-hydrogen) atoms. The predicted octanol–water partition coefficient (Wildman–Crippen LogP) is 3.99. The van der Waals surface area contributed by atoms with Gasteiger partial charge in [-0.05, 0) is 65.6 Å². The van der Waals surface area contributed by atoms with Crippen LogP contribution < -0.4 is 4.74 Å². The minimum absolute atomic E-state index is 0.101. The Morgan fingerprint density at radius 3 is 2.47 bits per heavy atom. The Morgan fingerprint density at radius 2 is 1.70 bits per heavy atom. The summed E-state index contributed by atoms with van der Waals surface area (Å²) in [7, 11) is -1.95. The molecule has 0 amide bonds. The van der Waals surface area contributed by atoms with Crippen molar-refractivity contribution in [3.05, 3.63) is 71.8 Å². The van der Waals surface area contributed by atoms with Crippen LogP contribution in [0.3, 0.4) is 0 Å². The zero-order valence-corrected chi connectivity index (χ0v) is 17.5. The van der Waals surface area contributed by atoms with Crippen LogP contribution in [-0.4, -0.2) is 38.9 Å². The van der Waals surface area contributed by atoms with Gasteiger partial charge in [-0.25, -0.2) is 13.2 Å². The highest BCUT2D eigenvalue weighted by Gasteiger charge is 2.27. The molecule has 0 saturated carbocycles. The second-order valence-corrected chi connectivity index (χ2v) is 9.20. The molecule has 1 heterocycles. The normalized spacial score (nSPS) is 14.7. The lowest BCUT2D eigenvalue weighted by Gasteiger charge is -2.15. The van der Waals surface area contributed by atoms with Crippen molar-refractivity contribution in [1.29, 1.82) is 0 Å². The molecule has 0 aliphatic carbocycles. The van der Waals surface area contributed by atoms with E-state index in [1.165, 1.54) is 16.4 Å². The maximum absolute atomic E-state index is 12.7. The molecule has 1 aliphatic rings. The number of esters is 1. The second kappa shape index (κ2) is 8.45. The summed E-state index contributed by atoms with van der Waals surface area (Å²) >= 11 is 0. The van der Waals surface area contributed by atoms with Crippen molar-refractivity contribution in [3.63, 3.8) is 0 Å². The van der Waals surface area contributed by atoms with E-state index in [9.17, 15) is 13.2 Å². The predicted molar refractivity (Wildman–Crippen MR) is 114 cm³/mol. The first-order valence-corrected chi connectivity index (χ1v) is 11.3. The van der Waals surface area contributed by atoms with E-state index in [4.69, 9.17) is 9.47 Å². The molecule has 4 rings (SSSR count). The quantitative estimate of drug-likeness (QED) is 0.559. The van der Waals surface area contributed by atoms with Crippen molar-refractivity contribution in [2.75, 3.05) is 20.2 Å². The van der Waals surface area contributed by atoms with E-state index in [1.54, 1.807) is 19.2 Å². The summed E-state index contributed by atoms with van der Waals surface area (Å²) in [5, 5.41) is 2.05. The third-order valence-electron chi connectivity index (χ3n) is 5.25. The molecule has 0 bridgehead atoms. The minimum atomic E-state index is -3.58. The van der Waals surface area contributed by atoms with Gasteiger partial charge in [-0.2, -0.15) is 4.31 Å². The SMILES string of the molecule is COc1ccc2cc(COC(=O)c3cccc(S(=O)(=O)N4CCCC4)c3)ccc2c1. The molecule has 1 fully saturated rings. The van der Waals surface area contributed by atoms with Gasteiger partial charge in [0.05, 0.1) is 17.6 Å². The fraction of sp³-hybridized carbons (Fsp3) is 0.261. The third-order valence-corrected chi connectivity index (χ3v) is 7.15. The number of sulfonamides is 1.